The summed E-state index contributed by atoms with van der Waals surface area (Å²) in [5.41, 5.74) is 1.99. The molecule has 0 radical (unpaired) electrons. The van der Waals surface area contributed by atoms with Crippen molar-refractivity contribution in [2.45, 2.75) is 29.7 Å². The zero-order valence-corrected chi connectivity index (χ0v) is 15.9. The minimum Gasteiger partial charge on any atom is -0.488 e. The van der Waals surface area contributed by atoms with Gasteiger partial charge in [0.15, 0.2) is 0 Å². The number of nitrogens with zero attached hydrogens (tertiary/aromatic N) is 1. The van der Waals surface area contributed by atoms with Crippen LogP contribution in [0.4, 0.5) is 8.78 Å². The topological polar surface area (TPSA) is 22.1 Å². The van der Waals surface area contributed by atoms with Gasteiger partial charge >= 0.3 is 0 Å². The van der Waals surface area contributed by atoms with Crippen LogP contribution >= 0.6 is 11.8 Å². The van der Waals surface area contributed by atoms with Gasteiger partial charge in [0.2, 0.25) is 0 Å². The Kier molecular flexibility index (Phi) is 6.45. The van der Waals surface area contributed by atoms with Crippen LogP contribution in [-0.4, -0.2) is 17.8 Å². The summed E-state index contributed by atoms with van der Waals surface area (Å²) in [7, 11) is 0. The van der Waals surface area contributed by atoms with Gasteiger partial charge in [0.25, 0.3) is 0 Å². The molecule has 140 valence electrons. The van der Waals surface area contributed by atoms with Crippen molar-refractivity contribution in [1.29, 1.82) is 0 Å². The maximum absolute atomic E-state index is 14.6. The zero-order valence-electron chi connectivity index (χ0n) is 15.1. The Labute approximate surface area is 162 Å². The molecular formula is C22H21F2NOS. The predicted molar refractivity (Wildman–Crippen MR) is 106 cm³/mol. The van der Waals surface area contributed by atoms with Crippen molar-refractivity contribution < 1.29 is 13.5 Å². The quantitative estimate of drug-likeness (QED) is 0.412. The van der Waals surface area contributed by atoms with Crippen LogP contribution in [0.5, 0.6) is 5.75 Å². The zero-order chi connectivity index (χ0) is 19.2. The number of alkyl halides is 1. The minimum atomic E-state index is -1.21. The van der Waals surface area contributed by atoms with E-state index in [1.807, 2.05) is 31.2 Å². The predicted octanol–water partition coefficient (Wildman–Crippen LogP) is 6.31. The molecule has 0 aliphatic heterocycles. The lowest BCUT2D eigenvalue weighted by Crippen LogP contribution is -2.11. The summed E-state index contributed by atoms with van der Waals surface area (Å²) in [5.74, 6) is 0.130. The number of allylic oxidation sites excluding steroid dienone is 3. The number of hydrogen-bond donors (Lipinski definition) is 0. The molecule has 0 amide bonds. The molecule has 2 aromatic rings. The molecule has 1 heterocycles. The molecule has 3 rings (SSSR count). The minimum absolute atomic E-state index is 0.0549. The molecule has 27 heavy (non-hydrogen) atoms. The number of aromatic nitrogens is 1. The van der Waals surface area contributed by atoms with Crippen LogP contribution in [0.25, 0.3) is 0 Å². The molecule has 1 aliphatic carbocycles. The number of benzene rings is 1. The Bertz CT molecular complexity index is 861. The molecule has 0 bridgehead atoms. The summed E-state index contributed by atoms with van der Waals surface area (Å²) >= 11 is 1.43. The van der Waals surface area contributed by atoms with Crippen LogP contribution < -0.4 is 4.74 Å². The van der Waals surface area contributed by atoms with Crippen LogP contribution in [0, 0.1) is 6.92 Å². The maximum atomic E-state index is 14.6. The van der Waals surface area contributed by atoms with Crippen molar-refractivity contribution in [3.8, 4) is 5.75 Å². The number of pyridine rings is 1. The number of hydrogen-bond acceptors (Lipinski definition) is 3. The number of thioether (sulfide) groups is 1. The second-order valence-electron chi connectivity index (χ2n) is 6.22. The van der Waals surface area contributed by atoms with Crippen molar-refractivity contribution in [2.24, 2.45) is 0 Å². The molecule has 0 N–H and O–H groups in total. The highest BCUT2D eigenvalue weighted by atomic mass is 32.2. The van der Waals surface area contributed by atoms with Gasteiger partial charge in [-0.2, -0.15) is 0 Å². The Balaban J connectivity index is 2.03. The average Bonchev–Trinajstić information content (AvgIpc) is 2.68. The third-order valence-electron chi connectivity index (χ3n) is 4.12. The third-order valence-corrected chi connectivity index (χ3v) is 5.38. The van der Waals surface area contributed by atoms with Crippen LogP contribution in [0.15, 0.2) is 83.7 Å². The molecule has 2 atom stereocenters. The Morgan fingerprint density at radius 2 is 2.11 bits per heavy atom. The number of aryl methyl sites for hydroxylation is 1. The molecule has 0 saturated heterocycles. The van der Waals surface area contributed by atoms with Crippen molar-refractivity contribution in [3.63, 3.8) is 0 Å². The average molecular weight is 385 g/mol. The van der Waals surface area contributed by atoms with Gasteiger partial charge in [0.1, 0.15) is 30.0 Å². The van der Waals surface area contributed by atoms with E-state index in [-0.39, 0.29) is 6.42 Å². The van der Waals surface area contributed by atoms with E-state index in [0.29, 0.717) is 23.6 Å². The first-order valence-corrected chi connectivity index (χ1v) is 9.60. The number of rotatable bonds is 7. The van der Waals surface area contributed by atoms with Crippen LogP contribution in [0.2, 0.25) is 0 Å². The molecule has 1 aromatic carbocycles. The Morgan fingerprint density at radius 3 is 2.85 bits per heavy atom. The SMILES string of the molecule is C=CCOc1cccnc1C(Sc1ccc(C)cc1)C1=CC(F)CC=C1F. The van der Waals surface area contributed by atoms with Gasteiger partial charge in [0.05, 0.1) is 5.25 Å². The first-order chi connectivity index (χ1) is 13.1. The molecule has 1 aromatic heterocycles. The highest BCUT2D eigenvalue weighted by molar-refractivity contribution is 7.99. The fraction of sp³-hybridized carbons (Fsp3) is 0.227. The summed E-state index contributed by atoms with van der Waals surface area (Å²) in [5, 5.41) is -0.525. The molecule has 1 aliphatic rings. The highest BCUT2D eigenvalue weighted by Gasteiger charge is 2.29. The standard InChI is InChI=1S/C22H21F2NOS/c1-3-13-26-20-5-4-12-25-21(20)22(18-14-16(23)8-11-19(18)24)27-17-9-6-15(2)7-10-17/h3-7,9-12,14,16,22H,1,8,13H2,2H3. The summed E-state index contributed by atoms with van der Waals surface area (Å²) in [4.78, 5) is 5.39. The van der Waals surface area contributed by atoms with E-state index in [1.54, 1.807) is 24.4 Å². The smallest absolute Gasteiger partial charge is 0.142 e. The van der Waals surface area contributed by atoms with Crippen LogP contribution in [-0.2, 0) is 0 Å². The number of ether oxygens (including phenoxy) is 1. The largest absolute Gasteiger partial charge is 0.488 e. The first kappa shape index (κ1) is 19.4. The lowest BCUT2D eigenvalue weighted by atomic mass is 9.99. The maximum Gasteiger partial charge on any atom is 0.142 e. The van der Waals surface area contributed by atoms with E-state index >= 15 is 0 Å². The Morgan fingerprint density at radius 1 is 1.33 bits per heavy atom. The van der Waals surface area contributed by atoms with Gasteiger partial charge < -0.3 is 4.74 Å². The lowest BCUT2D eigenvalue weighted by molar-refractivity contribution is 0.356. The molecule has 5 heteroatoms. The van der Waals surface area contributed by atoms with Crippen LogP contribution in [0.3, 0.4) is 0 Å². The van der Waals surface area contributed by atoms with Gasteiger partial charge in [-0.1, -0.05) is 30.4 Å². The molecule has 0 saturated carbocycles. The lowest BCUT2D eigenvalue weighted by Gasteiger charge is -2.23. The van der Waals surface area contributed by atoms with Gasteiger partial charge in [-0.15, -0.1) is 11.8 Å². The van der Waals surface area contributed by atoms with Gasteiger partial charge in [0, 0.05) is 23.1 Å². The molecule has 0 spiro atoms. The fourth-order valence-electron chi connectivity index (χ4n) is 2.78. The van der Waals surface area contributed by atoms with Crippen molar-refractivity contribution in [2.75, 3.05) is 6.61 Å². The third kappa shape index (κ3) is 4.86. The monoisotopic (exact) mass is 385 g/mol. The van der Waals surface area contributed by atoms with Crippen molar-refractivity contribution >= 4 is 11.8 Å². The molecular weight excluding hydrogens is 364 g/mol. The van der Waals surface area contributed by atoms with Gasteiger partial charge in [-0.05, 0) is 43.3 Å². The van der Waals surface area contributed by atoms with Crippen molar-refractivity contribution in [3.05, 3.63) is 90.1 Å². The van der Waals surface area contributed by atoms with Gasteiger partial charge in [-0.3, -0.25) is 4.98 Å². The second kappa shape index (κ2) is 9.00. The van der Waals surface area contributed by atoms with Gasteiger partial charge in [-0.25, -0.2) is 8.78 Å². The van der Waals surface area contributed by atoms with E-state index in [2.05, 4.69) is 11.6 Å². The van der Waals surface area contributed by atoms with E-state index in [1.165, 1.54) is 23.9 Å². The highest BCUT2D eigenvalue weighted by Crippen LogP contribution is 2.47. The second-order valence-corrected chi connectivity index (χ2v) is 7.40. The number of halogens is 2. The van der Waals surface area contributed by atoms with Crippen molar-refractivity contribution in [1.82, 2.24) is 4.98 Å². The Hall–Kier alpha value is -2.40. The molecule has 2 nitrogen and oxygen atoms in total. The van der Waals surface area contributed by atoms with E-state index in [4.69, 9.17) is 4.74 Å². The molecule has 0 fully saturated rings. The van der Waals surface area contributed by atoms with Crippen LogP contribution in [0.1, 0.15) is 22.9 Å². The summed E-state index contributed by atoms with van der Waals surface area (Å²) in [6.07, 6.45) is 4.78. The van der Waals surface area contributed by atoms with E-state index < -0.39 is 17.2 Å². The summed E-state index contributed by atoms with van der Waals surface area (Å²) < 4.78 is 34.4. The van der Waals surface area contributed by atoms with E-state index in [9.17, 15) is 8.78 Å². The summed E-state index contributed by atoms with van der Waals surface area (Å²) in [6.45, 7) is 5.97. The normalized spacial score (nSPS) is 17.7. The van der Waals surface area contributed by atoms with E-state index in [0.717, 1.165) is 10.5 Å². The molecule has 2 unspecified atom stereocenters. The first-order valence-electron chi connectivity index (χ1n) is 8.72. The fourth-order valence-corrected chi connectivity index (χ4v) is 3.95. The summed E-state index contributed by atoms with van der Waals surface area (Å²) in [6, 6.07) is 11.5.